The summed E-state index contributed by atoms with van der Waals surface area (Å²) in [5.41, 5.74) is 3.73. The van der Waals surface area contributed by atoms with E-state index in [1.807, 2.05) is 12.4 Å². The van der Waals surface area contributed by atoms with Crippen LogP contribution in [-0.2, 0) is 17.0 Å². The maximum absolute atomic E-state index is 4.99. The van der Waals surface area contributed by atoms with Crippen LogP contribution >= 0.6 is 11.8 Å². The number of benzene rings is 1. The predicted molar refractivity (Wildman–Crippen MR) is 86.4 cm³/mol. The first-order chi connectivity index (χ1) is 10.3. The van der Waals surface area contributed by atoms with Crippen molar-refractivity contribution in [1.82, 2.24) is 15.3 Å². The van der Waals surface area contributed by atoms with Crippen LogP contribution in [0.1, 0.15) is 16.7 Å². The van der Waals surface area contributed by atoms with Crippen molar-refractivity contribution < 1.29 is 4.74 Å². The second-order valence-electron chi connectivity index (χ2n) is 4.76. The Labute approximate surface area is 130 Å². The zero-order chi connectivity index (χ0) is 14.9. The van der Waals surface area contributed by atoms with Gasteiger partial charge in [0.25, 0.3) is 0 Å². The van der Waals surface area contributed by atoms with Crippen LogP contribution in [0.4, 0.5) is 0 Å². The van der Waals surface area contributed by atoms with E-state index in [0.29, 0.717) is 6.61 Å². The lowest BCUT2D eigenvalue weighted by atomic mass is 10.1. The second kappa shape index (κ2) is 8.77. The molecule has 0 aliphatic heterocycles. The normalized spacial score (nSPS) is 10.8. The highest BCUT2D eigenvalue weighted by Gasteiger charge is 2.02. The van der Waals surface area contributed by atoms with Crippen molar-refractivity contribution in [1.29, 1.82) is 0 Å². The van der Waals surface area contributed by atoms with E-state index in [4.69, 9.17) is 4.74 Å². The van der Waals surface area contributed by atoms with Gasteiger partial charge in [-0.25, -0.2) is 9.97 Å². The second-order valence-corrected chi connectivity index (χ2v) is 5.70. The summed E-state index contributed by atoms with van der Waals surface area (Å²) in [6.07, 6.45) is 3.76. The van der Waals surface area contributed by atoms with Crippen molar-refractivity contribution in [2.75, 3.05) is 20.3 Å². The molecule has 0 amide bonds. The Morgan fingerprint density at radius 1 is 1.19 bits per heavy atom. The minimum Gasteiger partial charge on any atom is -0.383 e. The van der Waals surface area contributed by atoms with Gasteiger partial charge in [-0.15, -0.1) is 0 Å². The number of aryl methyl sites for hydroxylation is 1. The number of ether oxygens (including phenoxy) is 1. The van der Waals surface area contributed by atoms with Crippen molar-refractivity contribution >= 4 is 11.8 Å². The van der Waals surface area contributed by atoms with Gasteiger partial charge in [0.15, 0.2) is 5.16 Å². The van der Waals surface area contributed by atoms with Gasteiger partial charge in [0.2, 0.25) is 0 Å². The van der Waals surface area contributed by atoms with Gasteiger partial charge in [-0.3, -0.25) is 0 Å². The predicted octanol–water partition coefficient (Wildman–Crippen LogP) is 2.81. The lowest BCUT2D eigenvalue weighted by Crippen LogP contribution is -2.18. The molecule has 0 unspecified atom stereocenters. The summed E-state index contributed by atoms with van der Waals surface area (Å²) in [5, 5.41) is 4.09. The third-order valence-corrected chi connectivity index (χ3v) is 4.04. The number of hydrogen-bond acceptors (Lipinski definition) is 5. The summed E-state index contributed by atoms with van der Waals surface area (Å²) < 4.78 is 4.99. The fourth-order valence-electron chi connectivity index (χ4n) is 1.83. The van der Waals surface area contributed by atoms with Crippen molar-refractivity contribution in [3.8, 4) is 0 Å². The molecule has 5 heteroatoms. The number of aromatic nitrogens is 2. The molecule has 0 aliphatic rings. The topological polar surface area (TPSA) is 47.0 Å². The molecule has 1 aromatic carbocycles. The maximum Gasteiger partial charge on any atom is 0.187 e. The van der Waals surface area contributed by atoms with Crippen LogP contribution < -0.4 is 5.32 Å². The van der Waals surface area contributed by atoms with Crippen LogP contribution in [0.5, 0.6) is 0 Å². The van der Waals surface area contributed by atoms with Gasteiger partial charge < -0.3 is 10.1 Å². The standard InChI is InChI=1S/C16H21N3OS/c1-13-5-3-4-6-15(13)12-21-16-18-10-14(11-19-16)9-17-7-8-20-2/h3-6,10-11,17H,7-9,12H2,1-2H3. The van der Waals surface area contributed by atoms with Gasteiger partial charge in [-0.2, -0.15) is 0 Å². The lowest BCUT2D eigenvalue weighted by molar-refractivity contribution is 0.199. The average molecular weight is 303 g/mol. The Balaban J connectivity index is 1.81. The maximum atomic E-state index is 4.99. The molecule has 0 saturated heterocycles. The van der Waals surface area contributed by atoms with Crippen LogP contribution in [0.3, 0.4) is 0 Å². The third-order valence-electron chi connectivity index (χ3n) is 3.11. The molecule has 0 fully saturated rings. The van der Waals surface area contributed by atoms with E-state index >= 15 is 0 Å². The molecule has 2 rings (SSSR count). The highest BCUT2D eigenvalue weighted by molar-refractivity contribution is 7.98. The van der Waals surface area contributed by atoms with Crippen LogP contribution in [0.25, 0.3) is 0 Å². The Hall–Kier alpha value is -1.43. The third kappa shape index (κ3) is 5.46. The van der Waals surface area contributed by atoms with Gasteiger partial charge in [0.1, 0.15) is 0 Å². The van der Waals surface area contributed by atoms with E-state index in [2.05, 4.69) is 46.5 Å². The average Bonchev–Trinajstić information content (AvgIpc) is 2.52. The summed E-state index contributed by atoms with van der Waals surface area (Å²) in [6, 6.07) is 8.41. The van der Waals surface area contributed by atoms with E-state index in [-0.39, 0.29) is 0 Å². The minimum absolute atomic E-state index is 0.714. The van der Waals surface area contributed by atoms with Gasteiger partial charge >= 0.3 is 0 Å². The smallest absolute Gasteiger partial charge is 0.187 e. The fourth-order valence-corrected chi connectivity index (χ4v) is 2.69. The quantitative estimate of drug-likeness (QED) is 0.461. The van der Waals surface area contributed by atoms with Crippen LogP contribution in [0.15, 0.2) is 41.8 Å². The minimum atomic E-state index is 0.714. The summed E-state index contributed by atoms with van der Waals surface area (Å²) in [5.74, 6) is 0.901. The van der Waals surface area contributed by atoms with E-state index < -0.39 is 0 Å². The van der Waals surface area contributed by atoms with Crippen molar-refractivity contribution in [2.45, 2.75) is 24.4 Å². The number of rotatable bonds is 8. The molecule has 0 radical (unpaired) electrons. The Morgan fingerprint density at radius 2 is 1.95 bits per heavy atom. The lowest BCUT2D eigenvalue weighted by Gasteiger charge is -2.06. The molecule has 112 valence electrons. The highest BCUT2D eigenvalue weighted by Crippen LogP contribution is 2.20. The molecular weight excluding hydrogens is 282 g/mol. The molecule has 21 heavy (non-hydrogen) atoms. The van der Waals surface area contributed by atoms with Gasteiger partial charge in [-0.05, 0) is 18.1 Å². The number of thioether (sulfide) groups is 1. The molecule has 1 heterocycles. The molecule has 4 nitrogen and oxygen atoms in total. The molecule has 0 spiro atoms. The SMILES string of the molecule is COCCNCc1cnc(SCc2ccccc2C)nc1. The van der Waals surface area contributed by atoms with E-state index in [0.717, 1.165) is 29.6 Å². The Kier molecular flexibility index (Phi) is 6.66. The highest BCUT2D eigenvalue weighted by atomic mass is 32.2. The van der Waals surface area contributed by atoms with E-state index in [1.165, 1.54) is 11.1 Å². The van der Waals surface area contributed by atoms with Crippen molar-refractivity contribution in [3.05, 3.63) is 53.3 Å². The zero-order valence-electron chi connectivity index (χ0n) is 12.5. The molecule has 0 aliphatic carbocycles. The number of hydrogen-bond donors (Lipinski definition) is 1. The molecule has 1 N–H and O–H groups in total. The first-order valence-electron chi connectivity index (χ1n) is 6.97. The first kappa shape index (κ1) is 15.9. The molecule has 2 aromatic rings. The van der Waals surface area contributed by atoms with Gasteiger partial charge in [0, 0.05) is 43.9 Å². The molecule has 0 bridgehead atoms. The zero-order valence-corrected chi connectivity index (χ0v) is 13.3. The van der Waals surface area contributed by atoms with E-state index in [9.17, 15) is 0 Å². The number of nitrogens with zero attached hydrogens (tertiary/aromatic N) is 2. The summed E-state index contributed by atoms with van der Waals surface area (Å²) >= 11 is 1.67. The summed E-state index contributed by atoms with van der Waals surface area (Å²) in [7, 11) is 1.70. The number of nitrogens with one attached hydrogen (secondary N) is 1. The monoisotopic (exact) mass is 303 g/mol. The number of methoxy groups -OCH3 is 1. The largest absolute Gasteiger partial charge is 0.383 e. The van der Waals surface area contributed by atoms with Crippen LogP contribution in [0.2, 0.25) is 0 Å². The fraction of sp³-hybridized carbons (Fsp3) is 0.375. The van der Waals surface area contributed by atoms with Gasteiger partial charge in [0.05, 0.1) is 6.61 Å². The molecule has 0 saturated carbocycles. The van der Waals surface area contributed by atoms with Gasteiger partial charge in [-0.1, -0.05) is 36.0 Å². The Morgan fingerprint density at radius 3 is 2.67 bits per heavy atom. The summed E-state index contributed by atoms with van der Waals surface area (Å²) in [4.78, 5) is 8.81. The summed E-state index contributed by atoms with van der Waals surface area (Å²) in [6.45, 7) is 4.45. The molecular formula is C16H21N3OS. The van der Waals surface area contributed by atoms with Crippen molar-refractivity contribution in [2.24, 2.45) is 0 Å². The van der Waals surface area contributed by atoms with Crippen LogP contribution in [-0.4, -0.2) is 30.2 Å². The van der Waals surface area contributed by atoms with E-state index in [1.54, 1.807) is 18.9 Å². The molecule has 0 atom stereocenters. The first-order valence-corrected chi connectivity index (χ1v) is 7.96. The molecule has 1 aromatic heterocycles. The Bertz CT molecular complexity index is 545. The van der Waals surface area contributed by atoms with Crippen LogP contribution in [0, 0.1) is 6.92 Å². The van der Waals surface area contributed by atoms with Crippen molar-refractivity contribution in [3.63, 3.8) is 0 Å².